The van der Waals surface area contributed by atoms with Crippen LogP contribution in [0.1, 0.15) is 38.2 Å². The summed E-state index contributed by atoms with van der Waals surface area (Å²) in [5, 5.41) is 11.7. The third kappa shape index (κ3) is 3.33. The number of anilines is 1. The average Bonchev–Trinajstić information content (AvgIpc) is 2.96. The van der Waals surface area contributed by atoms with E-state index in [0.29, 0.717) is 18.8 Å². The third-order valence-corrected chi connectivity index (χ3v) is 3.98. The number of ether oxygens (including phenoxy) is 1. The number of hydrogen-bond acceptors (Lipinski definition) is 4. The molecule has 2 rings (SSSR count). The van der Waals surface area contributed by atoms with Gasteiger partial charge in [0.05, 0.1) is 29.3 Å². The molecule has 0 aliphatic heterocycles. The molecular formula is C16H19FN2O2. The number of carbonyl (C=O) groups is 1. The zero-order valence-corrected chi connectivity index (χ0v) is 12.1. The first kappa shape index (κ1) is 15.3. The Bertz CT molecular complexity index is 560. The number of nitrogens with one attached hydrogen (secondary N) is 1. The quantitative estimate of drug-likeness (QED) is 0.846. The summed E-state index contributed by atoms with van der Waals surface area (Å²) in [5.74, 6) is -0.685. The number of nitriles is 1. The van der Waals surface area contributed by atoms with E-state index in [1.54, 1.807) is 13.0 Å². The minimum Gasteiger partial charge on any atom is -0.466 e. The van der Waals surface area contributed by atoms with Gasteiger partial charge in [0.25, 0.3) is 0 Å². The summed E-state index contributed by atoms with van der Waals surface area (Å²) in [6.07, 6.45) is 3.49. The van der Waals surface area contributed by atoms with Crippen LogP contribution in [-0.2, 0) is 9.53 Å². The summed E-state index contributed by atoms with van der Waals surface area (Å²) >= 11 is 0. The number of esters is 1. The SMILES string of the molecule is CCOC(=O)C1(CNc2ccc(C#N)cc2F)CCCC1. The zero-order chi connectivity index (χ0) is 15.3. The van der Waals surface area contributed by atoms with Crippen LogP contribution in [0.2, 0.25) is 0 Å². The van der Waals surface area contributed by atoms with Crippen LogP contribution >= 0.6 is 0 Å². The Labute approximate surface area is 123 Å². The van der Waals surface area contributed by atoms with Crippen LogP contribution in [0.4, 0.5) is 10.1 Å². The predicted octanol–water partition coefficient (Wildman–Crippen LogP) is 3.23. The van der Waals surface area contributed by atoms with Gasteiger partial charge in [-0.3, -0.25) is 4.79 Å². The molecule has 0 unspecified atom stereocenters. The van der Waals surface area contributed by atoms with Gasteiger partial charge in [-0.05, 0) is 38.0 Å². The van der Waals surface area contributed by atoms with Gasteiger partial charge in [-0.25, -0.2) is 4.39 Å². The van der Waals surface area contributed by atoms with Gasteiger partial charge in [-0.1, -0.05) is 12.8 Å². The Kier molecular flexibility index (Phi) is 4.79. The Morgan fingerprint density at radius 1 is 1.48 bits per heavy atom. The first-order chi connectivity index (χ1) is 10.1. The molecule has 0 radical (unpaired) electrons. The first-order valence-electron chi connectivity index (χ1n) is 7.22. The van der Waals surface area contributed by atoms with E-state index in [-0.39, 0.29) is 11.5 Å². The van der Waals surface area contributed by atoms with Gasteiger partial charge in [0.1, 0.15) is 5.82 Å². The summed E-state index contributed by atoms with van der Waals surface area (Å²) < 4.78 is 19.0. The lowest BCUT2D eigenvalue weighted by Crippen LogP contribution is -2.37. The van der Waals surface area contributed by atoms with Gasteiger partial charge in [0, 0.05) is 6.54 Å². The van der Waals surface area contributed by atoms with E-state index < -0.39 is 11.2 Å². The molecule has 0 heterocycles. The fourth-order valence-corrected chi connectivity index (χ4v) is 2.78. The molecule has 1 fully saturated rings. The van der Waals surface area contributed by atoms with Crippen molar-refractivity contribution in [3.05, 3.63) is 29.6 Å². The van der Waals surface area contributed by atoms with E-state index in [1.807, 2.05) is 6.07 Å². The highest BCUT2D eigenvalue weighted by Gasteiger charge is 2.42. The van der Waals surface area contributed by atoms with E-state index in [2.05, 4.69) is 5.32 Å². The molecule has 21 heavy (non-hydrogen) atoms. The number of halogens is 1. The zero-order valence-electron chi connectivity index (χ0n) is 12.1. The summed E-state index contributed by atoms with van der Waals surface area (Å²) in [7, 11) is 0. The summed E-state index contributed by atoms with van der Waals surface area (Å²) in [4.78, 5) is 12.2. The number of hydrogen-bond donors (Lipinski definition) is 1. The van der Waals surface area contributed by atoms with Crippen molar-refractivity contribution in [1.82, 2.24) is 0 Å². The highest BCUT2D eigenvalue weighted by molar-refractivity contribution is 5.78. The highest BCUT2D eigenvalue weighted by atomic mass is 19.1. The minimum absolute atomic E-state index is 0.205. The van der Waals surface area contributed by atoms with Crippen molar-refractivity contribution in [2.45, 2.75) is 32.6 Å². The monoisotopic (exact) mass is 290 g/mol. The predicted molar refractivity (Wildman–Crippen MR) is 77.1 cm³/mol. The molecule has 0 amide bonds. The molecule has 0 spiro atoms. The second kappa shape index (κ2) is 6.57. The Morgan fingerprint density at radius 3 is 2.76 bits per heavy atom. The maximum atomic E-state index is 13.9. The minimum atomic E-state index is -0.559. The molecule has 1 aliphatic carbocycles. The Morgan fingerprint density at radius 2 is 2.19 bits per heavy atom. The third-order valence-electron chi connectivity index (χ3n) is 3.98. The lowest BCUT2D eigenvalue weighted by molar-refractivity contribution is -0.154. The van der Waals surface area contributed by atoms with Gasteiger partial charge in [-0.2, -0.15) is 5.26 Å². The van der Waals surface area contributed by atoms with E-state index in [0.717, 1.165) is 25.7 Å². The van der Waals surface area contributed by atoms with E-state index >= 15 is 0 Å². The van der Waals surface area contributed by atoms with E-state index in [9.17, 15) is 9.18 Å². The van der Waals surface area contributed by atoms with Crippen LogP contribution in [0.15, 0.2) is 18.2 Å². The second-order valence-corrected chi connectivity index (χ2v) is 5.37. The van der Waals surface area contributed by atoms with Crippen molar-refractivity contribution in [3.8, 4) is 6.07 Å². The number of benzene rings is 1. The van der Waals surface area contributed by atoms with Crippen LogP contribution in [0.5, 0.6) is 0 Å². The first-order valence-corrected chi connectivity index (χ1v) is 7.22. The van der Waals surface area contributed by atoms with Crippen molar-refractivity contribution in [2.24, 2.45) is 5.41 Å². The maximum absolute atomic E-state index is 13.9. The molecule has 0 saturated heterocycles. The second-order valence-electron chi connectivity index (χ2n) is 5.37. The summed E-state index contributed by atoms with van der Waals surface area (Å²) in [5.41, 5.74) is 0.0275. The largest absolute Gasteiger partial charge is 0.466 e. The smallest absolute Gasteiger partial charge is 0.313 e. The molecular weight excluding hydrogens is 271 g/mol. The molecule has 0 aromatic heterocycles. The molecule has 5 heteroatoms. The molecule has 1 aliphatic rings. The Hall–Kier alpha value is -2.09. The van der Waals surface area contributed by atoms with Crippen LogP contribution in [0.3, 0.4) is 0 Å². The van der Waals surface area contributed by atoms with E-state index in [1.165, 1.54) is 12.1 Å². The average molecular weight is 290 g/mol. The summed E-state index contributed by atoms with van der Waals surface area (Å²) in [6.45, 7) is 2.49. The normalized spacial score (nSPS) is 16.2. The Balaban J connectivity index is 2.09. The molecule has 1 saturated carbocycles. The fourth-order valence-electron chi connectivity index (χ4n) is 2.78. The van der Waals surface area contributed by atoms with Crippen LogP contribution < -0.4 is 5.32 Å². The van der Waals surface area contributed by atoms with Gasteiger partial charge < -0.3 is 10.1 Å². The lowest BCUT2D eigenvalue weighted by Gasteiger charge is -2.27. The molecule has 1 aromatic rings. The summed E-state index contributed by atoms with van der Waals surface area (Å²) in [6, 6.07) is 6.16. The van der Waals surface area contributed by atoms with Crippen molar-refractivity contribution in [3.63, 3.8) is 0 Å². The van der Waals surface area contributed by atoms with Crippen LogP contribution in [-0.4, -0.2) is 19.1 Å². The molecule has 0 atom stereocenters. The maximum Gasteiger partial charge on any atom is 0.313 e. The van der Waals surface area contributed by atoms with E-state index in [4.69, 9.17) is 10.00 Å². The molecule has 4 nitrogen and oxygen atoms in total. The highest BCUT2D eigenvalue weighted by Crippen LogP contribution is 2.39. The number of carbonyl (C=O) groups excluding carboxylic acids is 1. The lowest BCUT2D eigenvalue weighted by atomic mass is 9.86. The molecule has 1 N–H and O–H groups in total. The van der Waals surface area contributed by atoms with Crippen LogP contribution in [0, 0.1) is 22.6 Å². The van der Waals surface area contributed by atoms with Crippen molar-refractivity contribution in [2.75, 3.05) is 18.5 Å². The van der Waals surface area contributed by atoms with Crippen molar-refractivity contribution < 1.29 is 13.9 Å². The molecule has 0 bridgehead atoms. The number of nitrogens with zero attached hydrogens (tertiary/aromatic N) is 1. The van der Waals surface area contributed by atoms with Gasteiger partial charge in [0.15, 0.2) is 0 Å². The van der Waals surface area contributed by atoms with Gasteiger partial charge >= 0.3 is 5.97 Å². The number of rotatable bonds is 5. The van der Waals surface area contributed by atoms with Crippen molar-refractivity contribution >= 4 is 11.7 Å². The van der Waals surface area contributed by atoms with Crippen molar-refractivity contribution in [1.29, 1.82) is 5.26 Å². The topological polar surface area (TPSA) is 62.1 Å². The molecule has 112 valence electrons. The van der Waals surface area contributed by atoms with Crippen LogP contribution in [0.25, 0.3) is 0 Å². The fraction of sp³-hybridized carbons (Fsp3) is 0.500. The van der Waals surface area contributed by atoms with Gasteiger partial charge in [-0.15, -0.1) is 0 Å². The standard InChI is InChI=1S/C16H19FN2O2/c1-2-21-15(20)16(7-3-4-8-16)11-19-14-6-5-12(10-18)9-13(14)17/h5-6,9,19H,2-4,7-8,11H2,1H3. The molecule has 1 aromatic carbocycles. The van der Waals surface area contributed by atoms with Gasteiger partial charge in [0.2, 0.25) is 0 Å².